The maximum Gasteiger partial charge on any atom is 0.220 e. The SMILES string of the molecule is CC=CCCCC(=O)NC[C@H]1[C@H]2CN(c3ncccc3C)C[C@]23CC[C@H]1O3. The van der Waals surface area contributed by atoms with Gasteiger partial charge in [0.2, 0.25) is 5.91 Å². The van der Waals surface area contributed by atoms with Crippen molar-refractivity contribution in [1.29, 1.82) is 0 Å². The van der Waals surface area contributed by atoms with Crippen LogP contribution in [0.2, 0.25) is 0 Å². The number of hydrogen-bond donors (Lipinski definition) is 1. The number of aryl methyl sites for hydroxylation is 1. The fraction of sp³-hybridized carbons (Fsp3) is 0.636. The molecule has 5 heteroatoms. The first-order valence-corrected chi connectivity index (χ1v) is 10.4. The van der Waals surface area contributed by atoms with E-state index < -0.39 is 0 Å². The van der Waals surface area contributed by atoms with Crippen LogP contribution in [0.15, 0.2) is 30.5 Å². The molecule has 1 amide bonds. The summed E-state index contributed by atoms with van der Waals surface area (Å²) < 4.78 is 6.50. The van der Waals surface area contributed by atoms with Crippen LogP contribution >= 0.6 is 0 Å². The second kappa shape index (κ2) is 7.63. The number of carbonyl (C=O) groups is 1. The largest absolute Gasteiger partial charge is 0.369 e. The van der Waals surface area contributed by atoms with E-state index in [1.807, 2.05) is 25.3 Å². The van der Waals surface area contributed by atoms with E-state index in [-0.39, 0.29) is 11.5 Å². The first-order chi connectivity index (χ1) is 13.1. The van der Waals surface area contributed by atoms with Crippen LogP contribution in [0.1, 0.15) is 44.6 Å². The average Bonchev–Trinajstić information content (AvgIpc) is 3.32. The number of anilines is 1. The van der Waals surface area contributed by atoms with Crippen molar-refractivity contribution >= 4 is 11.7 Å². The quantitative estimate of drug-likeness (QED) is 0.592. The summed E-state index contributed by atoms with van der Waals surface area (Å²) in [4.78, 5) is 19.2. The first kappa shape index (κ1) is 18.5. The Morgan fingerprint density at radius 3 is 3.22 bits per heavy atom. The highest BCUT2D eigenvalue weighted by molar-refractivity contribution is 5.75. The van der Waals surface area contributed by atoms with Gasteiger partial charge in [0.05, 0.1) is 11.7 Å². The van der Waals surface area contributed by atoms with Crippen molar-refractivity contribution in [3.05, 3.63) is 36.0 Å². The second-order valence-corrected chi connectivity index (χ2v) is 8.32. The Morgan fingerprint density at radius 1 is 1.52 bits per heavy atom. The van der Waals surface area contributed by atoms with Gasteiger partial charge in [-0.05, 0) is 51.2 Å². The van der Waals surface area contributed by atoms with Gasteiger partial charge < -0.3 is 15.0 Å². The van der Waals surface area contributed by atoms with Crippen LogP contribution in [0.25, 0.3) is 0 Å². The third-order valence-corrected chi connectivity index (χ3v) is 6.61. The van der Waals surface area contributed by atoms with E-state index in [1.54, 1.807) is 0 Å². The first-order valence-electron chi connectivity index (χ1n) is 10.4. The highest BCUT2D eigenvalue weighted by atomic mass is 16.5. The smallest absolute Gasteiger partial charge is 0.220 e. The monoisotopic (exact) mass is 369 g/mol. The van der Waals surface area contributed by atoms with Crippen molar-refractivity contribution in [2.24, 2.45) is 11.8 Å². The third kappa shape index (κ3) is 3.49. The van der Waals surface area contributed by atoms with Crippen molar-refractivity contribution in [3.63, 3.8) is 0 Å². The predicted molar refractivity (Wildman–Crippen MR) is 107 cm³/mol. The van der Waals surface area contributed by atoms with E-state index in [1.165, 1.54) is 5.56 Å². The molecule has 1 spiro atoms. The van der Waals surface area contributed by atoms with Crippen molar-refractivity contribution in [1.82, 2.24) is 10.3 Å². The molecule has 4 heterocycles. The number of ether oxygens (including phenoxy) is 1. The molecule has 5 nitrogen and oxygen atoms in total. The molecule has 0 saturated carbocycles. The van der Waals surface area contributed by atoms with Crippen LogP contribution in [0.5, 0.6) is 0 Å². The number of carbonyl (C=O) groups excluding carboxylic acids is 1. The predicted octanol–water partition coefficient (Wildman–Crippen LogP) is 3.24. The highest BCUT2D eigenvalue weighted by Crippen LogP contribution is 2.55. The second-order valence-electron chi connectivity index (χ2n) is 8.32. The lowest BCUT2D eigenvalue weighted by molar-refractivity contribution is -0.121. The molecule has 1 aromatic rings. The Balaban J connectivity index is 1.37. The zero-order valence-corrected chi connectivity index (χ0v) is 16.5. The number of unbranched alkanes of at least 4 members (excludes halogenated alkanes) is 1. The van der Waals surface area contributed by atoms with Gasteiger partial charge in [-0.25, -0.2) is 4.98 Å². The number of hydrogen-bond acceptors (Lipinski definition) is 4. The van der Waals surface area contributed by atoms with Gasteiger partial charge in [0.15, 0.2) is 0 Å². The van der Waals surface area contributed by atoms with Crippen LogP contribution in [0.4, 0.5) is 5.82 Å². The molecule has 146 valence electrons. The molecule has 3 saturated heterocycles. The molecule has 3 aliphatic heterocycles. The van der Waals surface area contributed by atoms with Gasteiger partial charge >= 0.3 is 0 Å². The van der Waals surface area contributed by atoms with Crippen molar-refractivity contribution in [2.75, 3.05) is 24.5 Å². The normalized spacial score (nSPS) is 31.6. The summed E-state index contributed by atoms with van der Waals surface area (Å²) in [5, 5.41) is 3.18. The number of aromatic nitrogens is 1. The summed E-state index contributed by atoms with van der Waals surface area (Å²) in [5.74, 6) is 2.17. The third-order valence-electron chi connectivity index (χ3n) is 6.61. The highest BCUT2D eigenvalue weighted by Gasteiger charge is 2.63. The number of nitrogens with zero attached hydrogens (tertiary/aromatic N) is 2. The van der Waals surface area contributed by atoms with Gasteiger partial charge in [-0.1, -0.05) is 18.2 Å². The lowest BCUT2D eigenvalue weighted by Gasteiger charge is -2.29. The van der Waals surface area contributed by atoms with E-state index in [4.69, 9.17) is 4.74 Å². The van der Waals surface area contributed by atoms with Gasteiger partial charge in [-0.3, -0.25) is 4.79 Å². The summed E-state index contributed by atoms with van der Waals surface area (Å²) in [6, 6.07) is 4.11. The summed E-state index contributed by atoms with van der Waals surface area (Å²) in [6.45, 7) is 6.80. The molecule has 1 N–H and O–H groups in total. The molecule has 4 atom stereocenters. The molecule has 4 rings (SSSR count). The molecular formula is C22H31N3O2. The van der Waals surface area contributed by atoms with Crippen LogP contribution < -0.4 is 10.2 Å². The van der Waals surface area contributed by atoms with Crippen LogP contribution in [-0.4, -0.2) is 42.2 Å². The Kier molecular flexibility index (Phi) is 5.22. The maximum absolute atomic E-state index is 12.2. The Hall–Kier alpha value is -1.88. The molecule has 27 heavy (non-hydrogen) atoms. The summed E-state index contributed by atoms with van der Waals surface area (Å²) in [5.41, 5.74) is 1.19. The molecule has 1 aromatic heterocycles. The van der Waals surface area contributed by atoms with E-state index in [9.17, 15) is 4.79 Å². The molecule has 0 unspecified atom stereocenters. The minimum atomic E-state index is -0.0318. The lowest BCUT2D eigenvalue weighted by atomic mass is 9.73. The van der Waals surface area contributed by atoms with Crippen molar-refractivity contribution in [2.45, 2.75) is 57.7 Å². The molecule has 3 fully saturated rings. The number of fused-ring (bicyclic) bond motifs is 1. The summed E-state index contributed by atoms with van der Waals surface area (Å²) >= 11 is 0. The Labute approximate surface area is 162 Å². The number of pyridine rings is 1. The van der Waals surface area contributed by atoms with Gasteiger partial charge in [-0.15, -0.1) is 0 Å². The molecule has 0 aromatic carbocycles. The number of rotatable bonds is 7. The Bertz CT molecular complexity index is 719. The molecule has 0 aliphatic carbocycles. The zero-order chi connectivity index (χ0) is 18.9. The van der Waals surface area contributed by atoms with Crippen molar-refractivity contribution < 1.29 is 9.53 Å². The van der Waals surface area contributed by atoms with Gasteiger partial charge in [0, 0.05) is 44.1 Å². The van der Waals surface area contributed by atoms with Crippen molar-refractivity contribution in [3.8, 4) is 0 Å². The van der Waals surface area contributed by atoms with Gasteiger partial charge in [0.1, 0.15) is 5.82 Å². The number of allylic oxidation sites excluding steroid dienone is 2. The molecule has 2 bridgehead atoms. The fourth-order valence-electron chi connectivity index (χ4n) is 5.30. The average molecular weight is 370 g/mol. The minimum Gasteiger partial charge on any atom is -0.369 e. The number of amides is 1. The fourth-order valence-corrected chi connectivity index (χ4v) is 5.30. The van der Waals surface area contributed by atoms with E-state index in [0.717, 1.165) is 51.1 Å². The van der Waals surface area contributed by atoms with E-state index >= 15 is 0 Å². The van der Waals surface area contributed by atoms with Crippen LogP contribution in [0, 0.1) is 18.8 Å². The lowest BCUT2D eigenvalue weighted by Crippen LogP contribution is -2.41. The minimum absolute atomic E-state index is 0.0318. The zero-order valence-electron chi connectivity index (χ0n) is 16.5. The van der Waals surface area contributed by atoms with Crippen LogP contribution in [-0.2, 0) is 9.53 Å². The summed E-state index contributed by atoms with van der Waals surface area (Å²) in [6.07, 6.45) is 11.1. The van der Waals surface area contributed by atoms with E-state index in [0.29, 0.717) is 24.4 Å². The standard InChI is InChI=1S/C22H31N3O2/c1-3-4-5-6-9-20(26)24-13-17-18-14-25(21-16(2)8-7-12-23-21)15-22(18)11-10-19(17)27-22/h3-4,7-8,12,17-19H,5-6,9-11,13-15H2,1-2H3,(H,24,26)/t17-,18+,19+,22+/m0/s1. The Morgan fingerprint density at radius 2 is 2.41 bits per heavy atom. The van der Waals surface area contributed by atoms with Crippen LogP contribution in [0.3, 0.4) is 0 Å². The number of nitrogens with one attached hydrogen (secondary N) is 1. The van der Waals surface area contributed by atoms with Gasteiger partial charge in [-0.2, -0.15) is 0 Å². The van der Waals surface area contributed by atoms with E-state index in [2.05, 4.69) is 34.3 Å². The maximum atomic E-state index is 12.2. The molecular weight excluding hydrogens is 338 g/mol. The summed E-state index contributed by atoms with van der Waals surface area (Å²) in [7, 11) is 0. The van der Waals surface area contributed by atoms with Gasteiger partial charge in [0.25, 0.3) is 0 Å². The molecule has 0 radical (unpaired) electrons. The topological polar surface area (TPSA) is 54.5 Å². The molecule has 3 aliphatic rings.